The highest BCUT2D eigenvalue weighted by atomic mass is 16.3. The summed E-state index contributed by atoms with van der Waals surface area (Å²) >= 11 is 0. The SMILES string of the molecule is CC1CCC(N(C)Cc2cc(CNC(C)(C)C)co2)CC1. The van der Waals surface area contributed by atoms with Gasteiger partial charge in [0.25, 0.3) is 0 Å². The maximum Gasteiger partial charge on any atom is 0.118 e. The Morgan fingerprint density at radius 2 is 1.90 bits per heavy atom. The van der Waals surface area contributed by atoms with Crippen molar-refractivity contribution in [1.82, 2.24) is 10.2 Å². The molecule has 0 bridgehead atoms. The number of hydrogen-bond acceptors (Lipinski definition) is 3. The first-order chi connectivity index (χ1) is 9.83. The van der Waals surface area contributed by atoms with Crippen LogP contribution in [0.5, 0.6) is 0 Å². The molecule has 1 aromatic rings. The van der Waals surface area contributed by atoms with Gasteiger partial charge in [-0.15, -0.1) is 0 Å². The third-order valence-electron chi connectivity index (χ3n) is 4.54. The van der Waals surface area contributed by atoms with Gasteiger partial charge in [-0.1, -0.05) is 6.92 Å². The highest BCUT2D eigenvalue weighted by Crippen LogP contribution is 2.27. The fraction of sp³-hybridized carbons (Fsp3) is 0.778. The van der Waals surface area contributed by atoms with E-state index in [2.05, 4.69) is 51.0 Å². The molecule has 0 aliphatic heterocycles. The summed E-state index contributed by atoms with van der Waals surface area (Å²) in [6.07, 6.45) is 7.29. The van der Waals surface area contributed by atoms with Crippen LogP contribution >= 0.6 is 0 Å². The van der Waals surface area contributed by atoms with Crippen molar-refractivity contribution in [3.05, 3.63) is 23.7 Å². The Balaban J connectivity index is 1.81. The summed E-state index contributed by atoms with van der Waals surface area (Å²) in [7, 11) is 2.23. The normalized spacial score (nSPS) is 23.7. The molecule has 1 saturated carbocycles. The predicted octanol–water partition coefficient (Wildman–Crippen LogP) is 4.18. The van der Waals surface area contributed by atoms with E-state index in [-0.39, 0.29) is 5.54 Å². The minimum atomic E-state index is 0.146. The molecule has 0 saturated heterocycles. The molecule has 3 nitrogen and oxygen atoms in total. The van der Waals surface area contributed by atoms with E-state index in [4.69, 9.17) is 4.42 Å². The van der Waals surface area contributed by atoms with Crippen LogP contribution < -0.4 is 5.32 Å². The number of furan rings is 1. The van der Waals surface area contributed by atoms with Crippen LogP contribution in [0.25, 0.3) is 0 Å². The standard InChI is InChI=1S/C18H32N2O/c1-14-6-8-16(9-7-14)20(5)12-17-10-15(13-21-17)11-19-18(2,3)4/h10,13-14,16,19H,6-9,11-12H2,1-5H3. The maximum atomic E-state index is 5.73. The van der Waals surface area contributed by atoms with Gasteiger partial charge in [-0.05, 0) is 65.5 Å². The van der Waals surface area contributed by atoms with Gasteiger partial charge < -0.3 is 9.73 Å². The molecule has 21 heavy (non-hydrogen) atoms. The van der Waals surface area contributed by atoms with E-state index in [0.717, 1.165) is 30.8 Å². The van der Waals surface area contributed by atoms with Crippen LogP contribution in [0.15, 0.2) is 16.7 Å². The monoisotopic (exact) mass is 292 g/mol. The first kappa shape index (κ1) is 16.6. The number of nitrogens with one attached hydrogen (secondary N) is 1. The molecule has 1 aromatic heterocycles. The summed E-state index contributed by atoms with van der Waals surface area (Å²) in [5.41, 5.74) is 1.39. The smallest absolute Gasteiger partial charge is 0.118 e. The molecule has 1 N–H and O–H groups in total. The molecule has 0 spiro atoms. The molecule has 3 heteroatoms. The molecule has 1 heterocycles. The molecule has 1 aliphatic carbocycles. The molecular formula is C18H32N2O. The first-order valence-electron chi connectivity index (χ1n) is 8.35. The fourth-order valence-electron chi connectivity index (χ4n) is 3.03. The first-order valence-corrected chi connectivity index (χ1v) is 8.35. The van der Waals surface area contributed by atoms with Crippen LogP contribution in [-0.4, -0.2) is 23.5 Å². The van der Waals surface area contributed by atoms with Crippen molar-refractivity contribution in [3.63, 3.8) is 0 Å². The lowest BCUT2D eigenvalue weighted by Crippen LogP contribution is -2.35. The third kappa shape index (κ3) is 5.48. The van der Waals surface area contributed by atoms with Gasteiger partial charge in [0.05, 0.1) is 12.8 Å². The fourth-order valence-corrected chi connectivity index (χ4v) is 3.03. The van der Waals surface area contributed by atoms with Crippen LogP contribution in [-0.2, 0) is 13.1 Å². The number of rotatable bonds is 5. The van der Waals surface area contributed by atoms with E-state index in [1.54, 1.807) is 0 Å². The van der Waals surface area contributed by atoms with Gasteiger partial charge in [0.1, 0.15) is 5.76 Å². The van der Waals surface area contributed by atoms with Gasteiger partial charge in [0.15, 0.2) is 0 Å². The van der Waals surface area contributed by atoms with E-state index in [1.165, 1.54) is 31.2 Å². The van der Waals surface area contributed by atoms with Crippen molar-refractivity contribution >= 4 is 0 Å². The Morgan fingerprint density at radius 1 is 1.24 bits per heavy atom. The lowest BCUT2D eigenvalue weighted by molar-refractivity contribution is 0.154. The van der Waals surface area contributed by atoms with Crippen LogP contribution in [0.1, 0.15) is 64.7 Å². The summed E-state index contributed by atoms with van der Waals surface area (Å²) in [5.74, 6) is 2.00. The minimum Gasteiger partial charge on any atom is -0.468 e. The molecule has 0 radical (unpaired) electrons. The van der Waals surface area contributed by atoms with E-state index >= 15 is 0 Å². The highest BCUT2D eigenvalue weighted by Gasteiger charge is 2.22. The summed E-state index contributed by atoms with van der Waals surface area (Å²) in [6, 6.07) is 2.92. The van der Waals surface area contributed by atoms with Crippen LogP contribution in [0.4, 0.5) is 0 Å². The summed E-state index contributed by atoms with van der Waals surface area (Å²) in [6.45, 7) is 10.7. The molecular weight excluding hydrogens is 260 g/mol. The van der Waals surface area contributed by atoms with Gasteiger partial charge in [-0.25, -0.2) is 0 Å². The molecule has 0 aromatic carbocycles. The van der Waals surface area contributed by atoms with Crippen LogP contribution in [0, 0.1) is 5.92 Å². The second kappa shape index (κ2) is 6.97. The minimum absolute atomic E-state index is 0.146. The quantitative estimate of drug-likeness (QED) is 0.882. The van der Waals surface area contributed by atoms with Crippen molar-refractivity contribution in [2.24, 2.45) is 5.92 Å². The summed E-state index contributed by atoms with van der Waals surface area (Å²) in [5, 5.41) is 3.50. The molecule has 0 amide bonds. The van der Waals surface area contributed by atoms with Gasteiger partial charge in [-0.3, -0.25) is 4.90 Å². The van der Waals surface area contributed by atoms with Crippen LogP contribution in [0.3, 0.4) is 0 Å². The lowest BCUT2D eigenvalue weighted by atomic mass is 9.87. The van der Waals surface area contributed by atoms with Crippen LogP contribution in [0.2, 0.25) is 0 Å². The van der Waals surface area contributed by atoms with Gasteiger partial charge in [0.2, 0.25) is 0 Å². The largest absolute Gasteiger partial charge is 0.468 e. The molecule has 2 rings (SSSR count). The molecule has 0 atom stereocenters. The average Bonchev–Trinajstić information content (AvgIpc) is 2.84. The molecule has 1 fully saturated rings. The topological polar surface area (TPSA) is 28.4 Å². The van der Waals surface area contributed by atoms with E-state index in [0.29, 0.717) is 0 Å². The summed E-state index contributed by atoms with van der Waals surface area (Å²) < 4.78 is 5.73. The molecule has 1 aliphatic rings. The Morgan fingerprint density at radius 3 is 2.52 bits per heavy atom. The number of hydrogen-bond donors (Lipinski definition) is 1. The Hall–Kier alpha value is -0.800. The lowest BCUT2D eigenvalue weighted by Gasteiger charge is -2.33. The zero-order valence-corrected chi connectivity index (χ0v) is 14.4. The van der Waals surface area contributed by atoms with E-state index in [1.807, 2.05) is 6.26 Å². The highest BCUT2D eigenvalue weighted by molar-refractivity contribution is 5.13. The van der Waals surface area contributed by atoms with Crippen molar-refractivity contribution in [1.29, 1.82) is 0 Å². The Bertz CT molecular complexity index is 425. The van der Waals surface area contributed by atoms with Crippen molar-refractivity contribution in [3.8, 4) is 0 Å². The summed E-state index contributed by atoms with van der Waals surface area (Å²) in [4.78, 5) is 2.46. The van der Waals surface area contributed by atoms with Gasteiger partial charge in [-0.2, -0.15) is 0 Å². The zero-order chi connectivity index (χ0) is 15.5. The molecule has 120 valence electrons. The zero-order valence-electron chi connectivity index (χ0n) is 14.4. The average molecular weight is 292 g/mol. The predicted molar refractivity (Wildman–Crippen MR) is 88.2 cm³/mol. The third-order valence-corrected chi connectivity index (χ3v) is 4.54. The maximum absolute atomic E-state index is 5.73. The molecule has 0 unspecified atom stereocenters. The number of nitrogens with zero attached hydrogens (tertiary/aromatic N) is 1. The second-order valence-corrected chi connectivity index (χ2v) is 7.85. The van der Waals surface area contributed by atoms with Gasteiger partial charge in [0, 0.05) is 23.7 Å². The van der Waals surface area contributed by atoms with Crippen molar-refractivity contribution in [2.75, 3.05) is 7.05 Å². The second-order valence-electron chi connectivity index (χ2n) is 7.85. The van der Waals surface area contributed by atoms with Gasteiger partial charge >= 0.3 is 0 Å². The van der Waals surface area contributed by atoms with Crippen molar-refractivity contribution < 1.29 is 4.42 Å². The van der Waals surface area contributed by atoms with E-state index < -0.39 is 0 Å². The Labute approximate surface area is 130 Å². The Kier molecular flexibility index (Phi) is 5.50. The van der Waals surface area contributed by atoms with Crippen molar-refractivity contribution in [2.45, 2.75) is 78.0 Å². The van der Waals surface area contributed by atoms with E-state index in [9.17, 15) is 0 Å².